The molecular weight excluding hydrogens is 375 g/mol. The van der Waals surface area contributed by atoms with Crippen molar-refractivity contribution in [2.75, 3.05) is 29.1 Å². The van der Waals surface area contributed by atoms with Crippen molar-refractivity contribution in [3.63, 3.8) is 0 Å². The molecule has 1 saturated heterocycles. The third kappa shape index (κ3) is 4.42. The number of fused-ring (bicyclic) bond motifs is 1. The van der Waals surface area contributed by atoms with Crippen molar-refractivity contribution in [3.05, 3.63) is 54.3 Å². The van der Waals surface area contributed by atoms with E-state index in [1.54, 1.807) is 12.1 Å². The van der Waals surface area contributed by atoms with Gasteiger partial charge in [0, 0.05) is 24.2 Å². The average molecular weight is 396 g/mol. The van der Waals surface area contributed by atoms with Crippen LogP contribution in [0, 0.1) is 5.82 Å². The Hall–Kier alpha value is -2.67. The Labute approximate surface area is 167 Å². The number of para-hydroxylation sites is 1. The number of anilines is 2. The fourth-order valence-electron chi connectivity index (χ4n) is 3.25. The van der Waals surface area contributed by atoms with Crippen LogP contribution in [-0.4, -0.2) is 34.7 Å². The zero-order chi connectivity index (χ0) is 19.3. The summed E-state index contributed by atoms with van der Waals surface area (Å²) in [6.07, 6.45) is 3.55. The first-order valence-corrected chi connectivity index (χ1v) is 10.4. The number of nitrogens with one attached hydrogen (secondary N) is 1. The average Bonchev–Trinajstić information content (AvgIpc) is 2.74. The second-order valence-electron chi connectivity index (χ2n) is 6.74. The number of carbonyl (C=O) groups excluding carboxylic acids is 1. The molecule has 144 valence electrons. The molecule has 0 atom stereocenters. The third-order valence-electron chi connectivity index (χ3n) is 4.66. The molecule has 0 spiro atoms. The van der Waals surface area contributed by atoms with E-state index in [4.69, 9.17) is 9.97 Å². The first-order chi connectivity index (χ1) is 13.7. The molecule has 0 unspecified atom stereocenters. The van der Waals surface area contributed by atoms with Crippen molar-refractivity contribution in [3.8, 4) is 0 Å². The number of nitrogens with zero attached hydrogens (tertiary/aromatic N) is 3. The molecule has 1 aliphatic heterocycles. The van der Waals surface area contributed by atoms with Crippen LogP contribution < -0.4 is 10.2 Å². The topological polar surface area (TPSA) is 58.1 Å². The second-order valence-corrected chi connectivity index (χ2v) is 7.70. The highest BCUT2D eigenvalue weighted by atomic mass is 32.2. The fourth-order valence-corrected chi connectivity index (χ4v) is 4.06. The van der Waals surface area contributed by atoms with Crippen molar-refractivity contribution < 1.29 is 9.18 Å². The van der Waals surface area contributed by atoms with Crippen LogP contribution >= 0.6 is 11.8 Å². The Kier molecular flexibility index (Phi) is 5.71. The van der Waals surface area contributed by atoms with Crippen LogP contribution in [-0.2, 0) is 4.79 Å². The lowest BCUT2D eigenvalue weighted by atomic mass is 10.1. The predicted octanol–water partition coefficient (Wildman–Crippen LogP) is 4.49. The van der Waals surface area contributed by atoms with Gasteiger partial charge in [0.05, 0.1) is 11.3 Å². The lowest BCUT2D eigenvalue weighted by molar-refractivity contribution is -0.113. The van der Waals surface area contributed by atoms with Gasteiger partial charge in [0.25, 0.3) is 0 Å². The highest BCUT2D eigenvalue weighted by molar-refractivity contribution is 8.00. The van der Waals surface area contributed by atoms with Crippen molar-refractivity contribution in [2.24, 2.45) is 0 Å². The van der Waals surface area contributed by atoms with E-state index in [0.717, 1.165) is 47.8 Å². The smallest absolute Gasteiger partial charge is 0.234 e. The summed E-state index contributed by atoms with van der Waals surface area (Å²) in [5, 5.41) is 4.54. The number of thioether (sulfide) groups is 1. The molecule has 0 aliphatic carbocycles. The molecule has 1 amide bonds. The van der Waals surface area contributed by atoms with Gasteiger partial charge in [-0.1, -0.05) is 30.0 Å². The standard InChI is InChI=1S/C21H21FN4OS/c22-15-8-10-16(11-9-15)23-19(27)14-28-20-17-6-2-3-7-18(17)24-21(25-20)26-12-4-1-5-13-26/h2-3,6-11H,1,4-5,12-14H2,(H,23,27). The molecule has 7 heteroatoms. The number of rotatable bonds is 5. The molecule has 2 aromatic carbocycles. The molecule has 28 heavy (non-hydrogen) atoms. The number of piperidine rings is 1. The summed E-state index contributed by atoms with van der Waals surface area (Å²) in [5.74, 6) is 0.474. The number of halogens is 1. The zero-order valence-electron chi connectivity index (χ0n) is 15.4. The van der Waals surface area contributed by atoms with E-state index in [0.29, 0.717) is 5.69 Å². The van der Waals surface area contributed by atoms with Crippen LogP contribution in [0.5, 0.6) is 0 Å². The number of hydrogen-bond acceptors (Lipinski definition) is 5. The van der Waals surface area contributed by atoms with Gasteiger partial charge in [0.1, 0.15) is 10.8 Å². The molecule has 1 aromatic heterocycles. The highest BCUT2D eigenvalue weighted by Gasteiger charge is 2.17. The first-order valence-electron chi connectivity index (χ1n) is 9.39. The van der Waals surface area contributed by atoms with Gasteiger partial charge < -0.3 is 10.2 Å². The van der Waals surface area contributed by atoms with Gasteiger partial charge >= 0.3 is 0 Å². The van der Waals surface area contributed by atoms with Crippen molar-refractivity contribution in [2.45, 2.75) is 24.3 Å². The second kappa shape index (κ2) is 8.56. The van der Waals surface area contributed by atoms with Crippen LogP contribution in [0.1, 0.15) is 19.3 Å². The molecular formula is C21H21FN4OS. The van der Waals surface area contributed by atoms with Crippen molar-refractivity contribution >= 4 is 40.2 Å². The number of benzene rings is 2. The molecule has 0 radical (unpaired) electrons. The minimum atomic E-state index is -0.329. The number of amides is 1. The molecule has 1 N–H and O–H groups in total. The van der Waals surface area contributed by atoms with Gasteiger partial charge in [0.2, 0.25) is 11.9 Å². The Bertz CT molecular complexity index is 974. The number of aromatic nitrogens is 2. The molecule has 1 aliphatic rings. The zero-order valence-corrected chi connectivity index (χ0v) is 16.2. The number of hydrogen-bond donors (Lipinski definition) is 1. The minimum Gasteiger partial charge on any atom is -0.341 e. The van der Waals surface area contributed by atoms with Gasteiger partial charge in [-0.05, 0) is 49.6 Å². The van der Waals surface area contributed by atoms with Gasteiger partial charge in [-0.3, -0.25) is 4.79 Å². The normalized spacial score (nSPS) is 14.2. The van der Waals surface area contributed by atoms with E-state index in [1.165, 1.54) is 30.3 Å². The van der Waals surface area contributed by atoms with Crippen molar-refractivity contribution in [1.82, 2.24) is 9.97 Å². The maximum absolute atomic E-state index is 13.0. The largest absolute Gasteiger partial charge is 0.341 e. The van der Waals surface area contributed by atoms with Crippen LogP contribution in [0.15, 0.2) is 53.6 Å². The van der Waals surface area contributed by atoms with Crippen LogP contribution in [0.2, 0.25) is 0 Å². The predicted molar refractivity (Wildman–Crippen MR) is 111 cm³/mol. The fraction of sp³-hybridized carbons (Fsp3) is 0.286. The summed E-state index contributed by atoms with van der Waals surface area (Å²) in [6, 6.07) is 13.6. The van der Waals surface area contributed by atoms with Gasteiger partial charge in [-0.15, -0.1) is 0 Å². The van der Waals surface area contributed by atoms with E-state index in [9.17, 15) is 9.18 Å². The Morgan fingerprint density at radius 2 is 1.79 bits per heavy atom. The molecule has 0 saturated carbocycles. The molecule has 3 aromatic rings. The summed E-state index contributed by atoms with van der Waals surface area (Å²) in [4.78, 5) is 24.0. The molecule has 4 rings (SSSR count). The van der Waals surface area contributed by atoms with E-state index in [2.05, 4.69) is 10.2 Å². The van der Waals surface area contributed by atoms with Gasteiger partial charge in [0.15, 0.2) is 0 Å². The lowest BCUT2D eigenvalue weighted by Crippen LogP contribution is -2.31. The summed E-state index contributed by atoms with van der Waals surface area (Å²) < 4.78 is 13.0. The Morgan fingerprint density at radius 1 is 1.04 bits per heavy atom. The Balaban J connectivity index is 1.51. The van der Waals surface area contributed by atoms with Gasteiger partial charge in [-0.2, -0.15) is 0 Å². The summed E-state index contributed by atoms with van der Waals surface area (Å²) >= 11 is 1.39. The van der Waals surface area contributed by atoms with Gasteiger partial charge in [-0.25, -0.2) is 14.4 Å². The molecule has 1 fully saturated rings. The maximum atomic E-state index is 13.0. The summed E-state index contributed by atoms with van der Waals surface area (Å²) in [6.45, 7) is 1.93. The summed E-state index contributed by atoms with van der Waals surface area (Å²) in [7, 11) is 0. The molecule has 0 bridgehead atoms. The minimum absolute atomic E-state index is 0.154. The van der Waals surface area contributed by atoms with E-state index in [-0.39, 0.29) is 17.5 Å². The SMILES string of the molecule is O=C(CSc1nc(N2CCCCC2)nc2ccccc12)Nc1ccc(F)cc1. The van der Waals surface area contributed by atoms with E-state index in [1.807, 2.05) is 24.3 Å². The van der Waals surface area contributed by atoms with Crippen molar-refractivity contribution in [1.29, 1.82) is 0 Å². The van der Waals surface area contributed by atoms with Crippen LogP contribution in [0.25, 0.3) is 10.9 Å². The number of carbonyl (C=O) groups is 1. The highest BCUT2D eigenvalue weighted by Crippen LogP contribution is 2.28. The third-order valence-corrected chi connectivity index (χ3v) is 5.65. The Morgan fingerprint density at radius 3 is 2.57 bits per heavy atom. The van der Waals surface area contributed by atoms with E-state index < -0.39 is 0 Å². The van der Waals surface area contributed by atoms with Crippen LogP contribution in [0.4, 0.5) is 16.0 Å². The first kappa shape index (κ1) is 18.7. The van der Waals surface area contributed by atoms with Crippen LogP contribution in [0.3, 0.4) is 0 Å². The summed E-state index contributed by atoms with van der Waals surface area (Å²) in [5.41, 5.74) is 1.47. The monoisotopic (exact) mass is 396 g/mol. The molecule has 2 heterocycles. The molecule has 5 nitrogen and oxygen atoms in total. The quantitative estimate of drug-likeness (QED) is 0.509. The maximum Gasteiger partial charge on any atom is 0.234 e. The lowest BCUT2D eigenvalue weighted by Gasteiger charge is -2.27. The van der Waals surface area contributed by atoms with E-state index >= 15 is 0 Å².